The van der Waals surface area contributed by atoms with Gasteiger partial charge in [0.1, 0.15) is 36.2 Å². The van der Waals surface area contributed by atoms with Gasteiger partial charge in [-0.05, 0) is 120 Å². The van der Waals surface area contributed by atoms with Crippen molar-refractivity contribution in [3.63, 3.8) is 0 Å². The molecule has 16 nitrogen and oxygen atoms in total. The number of hydrogen-bond donors (Lipinski definition) is 2. The van der Waals surface area contributed by atoms with Crippen molar-refractivity contribution in [1.82, 2.24) is 10.6 Å². The quantitative estimate of drug-likeness (QED) is 0.108. The maximum absolute atomic E-state index is 13.4. The fourth-order valence-electron chi connectivity index (χ4n) is 10.6. The highest BCUT2D eigenvalue weighted by atomic mass is 16.6. The number of hydrogen-bond acceptors (Lipinski definition) is 14. The van der Waals surface area contributed by atoms with E-state index < -0.39 is 11.9 Å². The number of amides is 2. The molecule has 12 bridgehead atoms. The highest BCUT2D eigenvalue weighted by Crippen LogP contribution is 2.44. The van der Waals surface area contributed by atoms with Crippen molar-refractivity contribution in [3.8, 4) is 23.0 Å². The zero-order valence-electron chi connectivity index (χ0n) is 54.8. The Morgan fingerprint density at radius 1 is 0.409 bits per heavy atom. The molecule has 0 unspecified atom stereocenters. The molecule has 478 valence electrons. The Kier molecular flexibility index (Phi) is 24.1. The van der Waals surface area contributed by atoms with Crippen molar-refractivity contribution in [1.29, 1.82) is 0 Å². The zero-order valence-corrected chi connectivity index (χ0v) is 54.8. The van der Waals surface area contributed by atoms with Crippen molar-refractivity contribution in [2.75, 3.05) is 106 Å². The number of benzene rings is 5. The predicted octanol–water partition coefficient (Wildman–Crippen LogP) is 11.4. The Hall–Kier alpha value is -6.98. The summed E-state index contributed by atoms with van der Waals surface area (Å²) in [5.74, 6) is 0.866. The standard InChI is InChI=1S/C72H96N2O14/c1-15-83-61(75)45-87-65-53-33-49-37-57(69(3,4)5)39-51-35-55-43-60(72(12,13)14)44-56(66(55)88-46-62(76)84-16-2)36-52-40-58(70(6,7)8)38-50(34-54(65)42-59(41-53)71(9,10)11)64(52)86-31-29-82-27-25-80-23-21-74-68(78)48-19-17-18-47(32-48)67(77)73-20-22-79-24-26-81-28-30-85-63(49)51/h17-19,32,37-44H,15-16,20-31,33-36,45-46H2,1-14H3,(H,73,77)(H,74,78). The summed E-state index contributed by atoms with van der Waals surface area (Å²) in [6.07, 6.45) is 1.40. The summed E-state index contributed by atoms with van der Waals surface area (Å²) in [6.45, 7) is 32.7. The van der Waals surface area contributed by atoms with Gasteiger partial charge in [-0.15, -0.1) is 0 Å². The first-order valence-corrected chi connectivity index (χ1v) is 31.2. The normalized spacial score (nSPS) is 15.8. The van der Waals surface area contributed by atoms with E-state index in [0.29, 0.717) is 59.8 Å². The maximum Gasteiger partial charge on any atom is 0.344 e. The van der Waals surface area contributed by atoms with Crippen molar-refractivity contribution < 1.29 is 66.5 Å². The van der Waals surface area contributed by atoms with Gasteiger partial charge in [0.05, 0.1) is 66.1 Å². The number of fused-ring (bicyclic) bond motifs is 20. The molecule has 3 aliphatic rings. The lowest BCUT2D eigenvalue weighted by molar-refractivity contribution is -0.146. The van der Waals surface area contributed by atoms with Gasteiger partial charge in [-0.1, -0.05) is 138 Å². The second kappa shape index (κ2) is 31.0. The first-order valence-electron chi connectivity index (χ1n) is 31.2. The van der Waals surface area contributed by atoms with E-state index >= 15 is 0 Å². The largest absolute Gasteiger partial charge is 0.491 e. The van der Waals surface area contributed by atoms with E-state index in [2.05, 4.69) is 142 Å². The van der Waals surface area contributed by atoms with Gasteiger partial charge in [0, 0.05) is 49.9 Å². The minimum atomic E-state index is -0.481. The molecule has 2 aliphatic heterocycles. The zero-order chi connectivity index (χ0) is 63.8. The monoisotopic (exact) mass is 1210 g/mol. The van der Waals surface area contributed by atoms with Crippen LogP contribution < -0.4 is 29.6 Å². The van der Waals surface area contributed by atoms with E-state index in [9.17, 15) is 19.2 Å². The number of esters is 2. The highest BCUT2D eigenvalue weighted by Gasteiger charge is 2.30. The second-order valence-corrected chi connectivity index (χ2v) is 26.6. The van der Waals surface area contributed by atoms with Crippen molar-refractivity contribution in [2.24, 2.45) is 0 Å². The van der Waals surface area contributed by atoms with Gasteiger partial charge < -0.3 is 58.0 Å². The van der Waals surface area contributed by atoms with Gasteiger partial charge in [0.15, 0.2) is 13.2 Å². The SMILES string of the molecule is CCOC(=O)COc1c2cc(C(C)(C)C)cc1Cc1cc(C(C)(C)C)cc3c1OCCOCCOCCNC(=O)c1cccc(c1)C(=O)NCCOCCOCCOc1c(cc(C(C)(C)C)cc1Cc1cc(C(C)(C)C)cc(c1OCC(=O)OCC)C3)C2. The minimum absolute atomic E-state index is 0.188. The molecule has 5 aromatic rings. The number of nitrogens with one attached hydrogen (secondary N) is 2. The lowest BCUT2D eigenvalue weighted by Gasteiger charge is -2.29. The highest BCUT2D eigenvalue weighted by molar-refractivity contribution is 5.99. The molecule has 0 aromatic heterocycles. The topological polar surface area (TPSA) is 185 Å². The van der Waals surface area contributed by atoms with Crippen LogP contribution in [0.2, 0.25) is 0 Å². The summed E-state index contributed by atoms with van der Waals surface area (Å²) >= 11 is 0. The van der Waals surface area contributed by atoms with Crippen LogP contribution in [-0.2, 0) is 85.4 Å². The fourth-order valence-corrected chi connectivity index (χ4v) is 10.6. The molecule has 1 aliphatic carbocycles. The molecule has 8 rings (SSSR count). The molecule has 2 amide bonds. The second-order valence-electron chi connectivity index (χ2n) is 26.6. The molecule has 0 saturated carbocycles. The van der Waals surface area contributed by atoms with Gasteiger partial charge in [0.25, 0.3) is 11.8 Å². The molecule has 0 spiro atoms. The van der Waals surface area contributed by atoms with Crippen LogP contribution in [0.3, 0.4) is 0 Å². The summed E-state index contributed by atoms with van der Waals surface area (Å²) in [6, 6.07) is 24.3. The summed E-state index contributed by atoms with van der Waals surface area (Å²) in [7, 11) is 0. The van der Waals surface area contributed by atoms with Crippen LogP contribution in [0.25, 0.3) is 0 Å². The van der Waals surface area contributed by atoms with Gasteiger partial charge in [-0.2, -0.15) is 0 Å². The summed E-state index contributed by atoms with van der Waals surface area (Å²) in [4.78, 5) is 53.1. The van der Waals surface area contributed by atoms with E-state index in [1.165, 1.54) is 0 Å². The van der Waals surface area contributed by atoms with Gasteiger partial charge in [-0.25, -0.2) is 9.59 Å². The fraction of sp³-hybridized carbons (Fsp3) is 0.528. The molecule has 2 heterocycles. The molecule has 2 N–H and O–H groups in total. The lowest BCUT2D eigenvalue weighted by Crippen LogP contribution is -2.29. The molecule has 5 aromatic carbocycles. The molecule has 0 fully saturated rings. The number of carbonyl (C=O) groups excluding carboxylic acids is 4. The summed E-state index contributed by atoms with van der Waals surface area (Å²) < 4.78 is 62.8. The molecule has 88 heavy (non-hydrogen) atoms. The van der Waals surface area contributed by atoms with Crippen LogP contribution in [-0.4, -0.2) is 129 Å². The van der Waals surface area contributed by atoms with Gasteiger partial charge in [0.2, 0.25) is 0 Å². The Morgan fingerprint density at radius 2 is 0.693 bits per heavy atom. The third-order valence-electron chi connectivity index (χ3n) is 15.4. The summed E-state index contributed by atoms with van der Waals surface area (Å²) in [5, 5.41) is 5.74. The minimum Gasteiger partial charge on any atom is -0.491 e. The smallest absolute Gasteiger partial charge is 0.344 e. The summed E-state index contributed by atoms with van der Waals surface area (Å²) in [5.41, 5.74) is 10.8. The molecule has 0 radical (unpaired) electrons. The Morgan fingerprint density at radius 3 is 0.989 bits per heavy atom. The first kappa shape index (κ1) is 68.5. The molecule has 0 saturated heterocycles. The lowest BCUT2D eigenvalue weighted by atomic mass is 9.79. The van der Waals surface area contributed by atoms with Crippen LogP contribution >= 0.6 is 0 Å². The third kappa shape index (κ3) is 19.5. The Labute approximate surface area is 522 Å². The van der Waals surface area contributed by atoms with E-state index in [-0.39, 0.29) is 139 Å². The van der Waals surface area contributed by atoms with E-state index in [1.54, 1.807) is 38.1 Å². The van der Waals surface area contributed by atoms with Crippen molar-refractivity contribution >= 4 is 23.8 Å². The van der Waals surface area contributed by atoms with Gasteiger partial charge >= 0.3 is 11.9 Å². The van der Waals surface area contributed by atoms with E-state index in [1.807, 2.05) is 0 Å². The first-order chi connectivity index (χ1) is 41.7. The number of ether oxygens (including phenoxy) is 10. The Balaban J connectivity index is 1.45. The maximum atomic E-state index is 13.4. The van der Waals surface area contributed by atoms with Crippen LogP contribution in [0, 0.1) is 0 Å². The number of carbonyl (C=O) groups is 4. The van der Waals surface area contributed by atoms with E-state index in [0.717, 1.165) is 66.8 Å². The average Bonchev–Trinajstić information content (AvgIpc) is 2.57. The third-order valence-corrected chi connectivity index (χ3v) is 15.4. The molecular weight excluding hydrogens is 1120 g/mol. The predicted molar refractivity (Wildman–Crippen MR) is 341 cm³/mol. The van der Waals surface area contributed by atoms with Crippen molar-refractivity contribution in [2.45, 2.75) is 144 Å². The molecule has 0 atom stereocenters. The van der Waals surface area contributed by atoms with E-state index in [4.69, 9.17) is 47.4 Å². The van der Waals surface area contributed by atoms with Crippen LogP contribution in [0.15, 0.2) is 72.8 Å². The van der Waals surface area contributed by atoms with Crippen LogP contribution in [0.4, 0.5) is 0 Å². The molecule has 16 heteroatoms. The van der Waals surface area contributed by atoms with Crippen molar-refractivity contribution in [3.05, 3.63) is 151 Å². The van der Waals surface area contributed by atoms with Crippen LogP contribution in [0.5, 0.6) is 23.0 Å². The average molecular weight is 1210 g/mol. The Bertz CT molecular complexity index is 2910. The molecular formula is C72H96N2O14. The van der Waals surface area contributed by atoms with Gasteiger partial charge in [-0.3, -0.25) is 9.59 Å². The number of rotatable bonds is 8. The van der Waals surface area contributed by atoms with Crippen LogP contribution in [0.1, 0.15) is 184 Å².